The fourth-order valence-electron chi connectivity index (χ4n) is 5.46. The number of hydrogen-bond acceptors (Lipinski definition) is 6. The third-order valence-corrected chi connectivity index (χ3v) is 7.97. The number of aromatic hydroxyl groups is 2. The van der Waals surface area contributed by atoms with Crippen LogP contribution in [0.25, 0.3) is 0 Å². The lowest BCUT2D eigenvalue weighted by atomic mass is 9.84. The first-order valence-corrected chi connectivity index (χ1v) is 13.7. The fourth-order valence-corrected chi connectivity index (χ4v) is 5.46. The first-order valence-electron chi connectivity index (χ1n) is 13.7. The number of hydrogen-bond donors (Lipinski definition) is 4. The number of nitrogens with zero attached hydrogens (tertiary/aromatic N) is 1. The van der Waals surface area contributed by atoms with Crippen LogP contribution in [-0.2, 0) is 24.2 Å². The average Bonchev–Trinajstić information content (AvgIpc) is 3.20. The minimum Gasteiger partial charge on any atom is -0.508 e. The lowest BCUT2D eigenvalue weighted by Gasteiger charge is -2.41. The van der Waals surface area contributed by atoms with Gasteiger partial charge >= 0.3 is 5.97 Å². The van der Waals surface area contributed by atoms with E-state index in [-0.39, 0.29) is 36.4 Å². The lowest BCUT2D eigenvalue weighted by Crippen LogP contribution is -2.49. The van der Waals surface area contributed by atoms with E-state index in [4.69, 9.17) is 4.74 Å². The van der Waals surface area contributed by atoms with Crippen LogP contribution in [0.3, 0.4) is 0 Å². The molecule has 1 amide bonds. The van der Waals surface area contributed by atoms with Gasteiger partial charge in [-0.2, -0.15) is 0 Å². The summed E-state index contributed by atoms with van der Waals surface area (Å²) in [5.74, 6) is -1.37. The number of benzene rings is 2. The van der Waals surface area contributed by atoms with Crippen LogP contribution in [0.1, 0.15) is 80.4 Å². The van der Waals surface area contributed by atoms with Crippen molar-refractivity contribution in [1.82, 2.24) is 4.90 Å². The number of ether oxygens (including phenoxy) is 1. The molecule has 0 saturated heterocycles. The Labute approximate surface area is 235 Å². The number of carbonyl (C=O) groups excluding carboxylic acids is 1. The number of carboxylic acid groups (broad SMARTS) is 1. The predicted octanol–water partition coefficient (Wildman–Crippen LogP) is 5.28. The van der Waals surface area contributed by atoms with Crippen molar-refractivity contribution in [2.75, 3.05) is 0 Å². The number of fused-ring (bicyclic) bond motifs is 3. The van der Waals surface area contributed by atoms with E-state index in [0.29, 0.717) is 35.3 Å². The molecular formula is C32H39NO7. The molecule has 2 aliphatic heterocycles. The van der Waals surface area contributed by atoms with Crippen LogP contribution in [0.4, 0.5) is 0 Å². The van der Waals surface area contributed by atoms with E-state index in [1.807, 2.05) is 6.92 Å². The highest BCUT2D eigenvalue weighted by Crippen LogP contribution is 2.46. The third kappa shape index (κ3) is 6.17. The number of phenols is 2. The Morgan fingerprint density at radius 1 is 1.12 bits per heavy atom. The number of aliphatic carboxylic acids is 1. The lowest BCUT2D eigenvalue weighted by molar-refractivity contribution is -0.142. The Balaban J connectivity index is 1.56. The molecular weight excluding hydrogens is 510 g/mol. The number of carbonyl (C=O) groups is 2. The molecule has 0 fully saturated rings. The number of carboxylic acids is 1. The minimum absolute atomic E-state index is 0.0153. The molecule has 0 saturated carbocycles. The Bertz CT molecular complexity index is 1340. The summed E-state index contributed by atoms with van der Waals surface area (Å²) in [6.45, 7) is 8.11. The largest absolute Gasteiger partial charge is 0.508 e. The van der Waals surface area contributed by atoms with Crippen LogP contribution in [0.15, 0.2) is 53.6 Å². The number of aliphatic hydroxyl groups excluding tert-OH is 1. The molecule has 3 atom stereocenters. The van der Waals surface area contributed by atoms with Crippen molar-refractivity contribution < 1.29 is 34.8 Å². The predicted molar refractivity (Wildman–Crippen MR) is 152 cm³/mol. The summed E-state index contributed by atoms with van der Waals surface area (Å²) in [5, 5.41) is 41.4. The molecule has 0 spiro atoms. The summed E-state index contributed by atoms with van der Waals surface area (Å²) in [6, 6.07) is 6.40. The summed E-state index contributed by atoms with van der Waals surface area (Å²) >= 11 is 0. The van der Waals surface area contributed by atoms with Gasteiger partial charge in [-0.05, 0) is 77.1 Å². The van der Waals surface area contributed by atoms with E-state index in [1.54, 1.807) is 12.1 Å². The first-order chi connectivity index (χ1) is 18.9. The van der Waals surface area contributed by atoms with Crippen molar-refractivity contribution in [3.05, 3.63) is 75.9 Å². The molecule has 40 heavy (non-hydrogen) atoms. The number of aliphatic hydroxyl groups is 1. The van der Waals surface area contributed by atoms with E-state index < -0.39 is 29.6 Å². The molecule has 0 aliphatic carbocycles. The van der Waals surface area contributed by atoms with E-state index in [1.165, 1.54) is 34.2 Å². The zero-order chi connectivity index (χ0) is 29.2. The molecule has 4 N–H and O–H groups in total. The summed E-state index contributed by atoms with van der Waals surface area (Å²) in [4.78, 5) is 27.0. The maximum absolute atomic E-state index is 13.4. The molecule has 2 aliphatic rings. The monoisotopic (exact) mass is 549 g/mol. The van der Waals surface area contributed by atoms with Crippen LogP contribution >= 0.6 is 0 Å². The smallest absolute Gasteiger partial charge is 0.326 e. The summed E-state index contributed by atoms with van der Waals surface area (Å²) < 4.78 is 6.42. The highest BCUT2D eigenvalue weighted by atomic mass is 16.5. The molecule has 8 nitrogen and oxygen atoms in total. The van der Waals surface area contributed by atoms with Crippen molar-refractivity contribution in [3.8, 4) is 17.2 Å². The highest BCUT2D eigenvalue weighted by molar-refractivity contribution is 6.02. The van der Waals surface area contributed by atoms with Gasteiger partial charge in [0.25, 0.3) is 5.91 Å². The Hall–Kier alpha value is -3.78. The maximum Gasteiger partial charge on any atom is 0.326 e. The second kappa shape index (κ2) is 11.8. The Morgan fingerprint density at radius 3 is 2.48 bits per heavy atom. The van der Waals surface area contributed by atoms with Gasteiger partial charge in [-0.1, -0.05) is 35.4 Å². The molecule has 2 aromatic rings. The van der Waals surface area contributed by atoms with Crippen LogP contribution in [0.5, 0.6) is 17.2 Å². The van der Waals surface area contributed by atoms with Gasteiger partial charge in [-0.15, -0.1) is 0 Å². The molecule has 2 aromatic carbocycles. The molecule has 4 rings (SSSR count). The molecule has 2 heterocycles. The molecule has 0 unspecified atom stereocenters. The van der Waals surface area contributed by atoms with Crippen molar-refractivity contribution in [3.63, 3.8) is 0 Å². The number of allylic oxidation sites excluding steroid dienone is 4. The molecule has 8 heteroatoms. The highest BCUT2D eigenvalue weighted by Gasteiger charge is 2.45. The van der Waals surface area contributed by atoms with Gasteiger partial charge in [-0.25, -0.2) is 4.79 Å². The SMILES string of the molecule is CC(C)=CCC/C(C)=C/CC[C@]1(C)Oc2c(c(O)cc3c2CN([C@@H](Cc2ccc(O)cc2)C(=O)O)C3=O)C[C@H]1O. The van der Waals surface area contributed by atoms with Crippen LogP contribution in [0, 0.1) is 0 Å². The van der Waals surface area contributed by atoms with Gasteiger partial charge in [0.05, 0.1) is 18.2 Å². The van der Waals surface area contributed by atoms with Crippen LogP contribution in [0.2, 0.25) is 0 Å². The normalized spacial score (nSPS) is 20.9. The van der Waals surface area contributed by atoms with E-state index in [9.17, 15) is 30.0 Å². The quantitative estimate of drug-likeness (QED) is 0.297. The second-order valence-corrected chi connectivity index (χ2v) is 11.4. The van der Waals surface area contributed by atoms with Gasteiger partial charge in [-0.3, -0.25) is 4.79 Å². The zero-order valence-electron chi connectivity index (χ0n) is 23.6. The molecule has 0 aromatic heterocycles. The van der Waals surface area contributed by atoms with Crippen LogP contribution in [-0.4, -0.2) is 54.9 Å². The van der Waals surface area contributed by atoms with E-state index in [2.05, 4.69) is 32.9 Å². The number of amides is 1. The molecule has 214 valence electrons. The fraction of sp³-hybridized carbons (Fsp3) is 0.438. The maximum atomic E-state index is 13.4. The summed E-state index contributed by atoms with van der Waals surface area (Å²) in [6.07, 6.45) is 6.90. The first kappa shape index (κ1) is 29.2. The second-order valence-electron chi connectivity index (χ2n) is 11.4. The summed E-state index contributed by atoms with van der Waals surface area (Å²) in [5.41, 5.74) is 3.44. The third-order valence-electron chi connectivity index (χ3n) is 7.97. The van der Waals surface area contributed by atoms with Crippen molar-refractivity contribution in [2.24, 2.45) is 0 Å². The number of phenolic OH excluding ortho intramolecular Hbond substituents is 2. The van der Waals surface area contributed by atoms with Gasteiger partial charge in [0.2, 0.25) is 0 Å². The summed E-state index contributed by atoms with van der Waals surface area (Å²) in [7, 11) is 0. The van der Waals surface area contributed by atoms with Gasteiger partial charge < -0.3 is 30.1 Å². The Kier molecular flexibility index (Phi) is 8.59. The van der Waals surface area contributed by atoms with Gasteiger partial charge in [0, 0.05) is 24.0 Å². The van der Waals surface area contributed by atoms with E-state index >= 15 is 0 Å². The topological polar surface area (TPSA) is 128 Å². The standard InChI is InChI=1S/C32H39NO7/c1-19(2)7-5-8-20(3)9-6-14-32(4)28(36)17-24-27(35)16-23-25(29(24)40-32)18-33(30(23)37)26(31(38)39)15-21-10-12-22(34)13-11-21/h7,9-13,16,26,28,34-36H,5-6,8,14-15,17-18H2,1-4H3,(H,38,39)/b20-9+/t26-,28+,32-/m0/s1. The van der Waals surface area contributed by atoms with E-state index in [0.717, 1.165) is 12.8 Å². The average molecular weight is 550 g/mol. The van der Waals surface area contributed by atoms with Crippen molar-refractivity contribution in [1.29, 1.82) is 0 Å². The van der Waals surface area contributed by atoms with Crippen LogP contribution < -0.4 is 4.74 Å². The minimum atomic E-state index is -1.15. The zero-order valence-corrected chi connectivity index (χ0v) is 23.6. The number of rotatable bonds is 10. The van der Waals surface area contributed by atoms with Gasteiger partial charge in [0.15, 0.2) is 0 Å². The van der Waals surface area contributed by atoms with Gasteiger partial charge in [0.1, 0.15) is 28.9 Å². The Morgan fingerprint density at radius 2 is 1.82 bits per heavy atom. The molecule has 0 radical (unpaired) electrons. The van der Waals surface area contributed by atoms with Crippen molar-refractivity contribution >= 4 is 11.9 Å². The molecule has 0 bridgehead atoms. The van der Waals surface area contributed by atoms with Crippen molar-refractivity contribution in [2.45, 2.75) is 90.5 Å².